The van der Waals surface area contributed by atoms with E-state index in [2.05, 4.69) is 10.7 Å². The predicted octanol–water partition coefficient (Wildman–Crippen LogP) is -0.194. The maximum atomic E-state index is 12.2. The number of hydrogen-bond donors (Lipinski definition) is 2. The van der Waals surface area contributed by atoms with Gasteiger partial charge < -0.3 is 0 Å². The summed E-state index contributed by atoms with van der Waals surface area (Å²) in [7, 11) is 1.48. The second-order valence-corrected chi connectivity index (χ2v) is 5.04. The molecular formula is C11H20LrN5O2. The van der Waals surface area contributed by atoms with Crippen molar-refractivity contribution in [3.05, 3.63) is 0 Å². The molecule has 3 amide bonds. The summed E-state index contributed by atoms with van der Waals surface area (Å²) < 4.78 is 2.05. The van der Waals surface area contributed by atoms with Crippen LogP contribution in [0.25, 0.3) is 0 Å². The normalized spacial score (nSPS) is 20.7. The van der Waals surface area contributed by atoms with Crippen molar-refractivity contribution in [3.8, 4) is 0 Å². The fourth-order valence-corrected chi connectivity index (χ4v) is 2.43. The molecule has 0 spiro atoms. The van der Waals surface area contributed by atoms with E-state index in [1.54, 1.807) is 6.21 Å². The Bertz CT molecular complexity index is 361. The van der Waals surface area contributed by atoms with Crippen LogP contribution in [-0.4, -0.2) is 53.7 Å². The van der Waals surface area contributed by atoms with Crippen molar-refractivity contribution in [1.82, 2.24) is 15.2 Å². The second kappa shape index (κ2) is 6.34. The molecule has 0 bridgehead atoms. The van der Waals surface area contributed by atoms with E-state index in [4.69, 9.17) is 5.84 Å². The van der Waals surface area contributed by atoms with Crippen LogP contribution >= 0.6 is 0 Å². The molecule has 1 heterocycles. The first-order chi connectivity index (χ1) is 9.01. The van der Waals surface area contributed by atoms with Crippen molar-refractivity contribution >= 4 is 18.2 Å². The Hall–Kier alpha value is -2.63. The van der Waals surface area contributed by atoms with Crippen molar-refractivity contribution in [1.29, 1.82) is 0 Å². The zero-order valence-electron chi connectivity index (χ0n) is 11.1. The summed E-state index contributed by atoms with van der Waals surface area (Å²) in [6.45, 7) is 2.53. The molecule has 1 aliphatic heterocycles. The molecule has 1 rings (SSSR count). The average molecular weight is 516 g/mol. The third-order valence-electron chi connectivity index (χ3n) is 3.09. The van der Waals surface area contributed by atoms with E-state index in [1.807, 2.05) is 6.92 Å². The van der Waals surface area contributed by atoms with E-state index >= 15 is 0 Å². The summed E-state index contributed by atoms with van der Waals surface area (Å²) in [4.78, 5) is 25.6. The summed E-state index contributed by atoms with van der Waals surface area (Å²) in [5.74, 6) is 5.30. The minimum atomic E-state index is -0.437. The van der Waals surface area contributed by atoms with Gasteiger partial charge >= 0.3 is 106 Å². The molecule has 2 atom stereocenters. The maximum absolute atomic E-state index is 12.2. The molecule has 7 nitrogen and oxygen atoms in total. The van der Waals surface area contributed by atoms with Gasteiger partial charge in [0.25, 0.3) is 0 Å². The molecule has 116 valence electrons. The fourth-order valence-electron chi connectivity index (χ4n) is 2.04. The van der Waals surface area contributed by atoms with E-state index in [0.29, 0.717) is 13.0 Å². The third-order valence-corrected chi connectivity index (χ3v) is 3.41. The van der Waals surface area contributed by atoms with E-state index in [1.165, 1.54) is 11.9 Å². The molecule has 1 aliphatic rings. The molecule has 3 N–H and O–H groups in total. The quantitative estimate of drug-likeness (QED) is 0.235. The molecule has 0 aromatic heterocycles. The summed E-state index contributed by atoms with van der Waals surface area (Å²) >= 11 is 0. The van der Waals surface area contributed by atoms with E-state index in [9.17, 15) is 9.59 Å². The number of carbonyl (C=O) groups is 2. The van der Waals surface area contributed by atoms with Gasteiger partial charge in [-0.25, -0.2) is 0 Å². The molecule has 0 saturated carbocycles. The molecule has 0 aromatic carbocycles. The molecule has 1 fully saturated rings. The van der Waals surface area contributed by atoms with E-state index in [0.717, 1.165) is 17.9 Å². The molecular weight excluding hydrogens is 496 g/mol. The van der Waals surface area contributed by atoms with Gasteiger partial charge in [0.1, 0.15) is 0 Å². The number of amides is 3. The first kappa shape index (κ1) is 14.4. The number of rotatable bonds is 4. The standard InChI is InChI=1S/C11H20N5O2.Lr/c1-3-8(7-12)14-10(17)9-5-4-6-16(9)11(18)15(2)13;/h7-9H,3-6,13H2,1-2H3,(H,14,17);/q-1;+1/t8-,9-;/m0./s1. The molecule has 19 heavy (non-hydrogen) atoms. The van der Waals surface area contributed by atoms with Crippen LogP contribution in [0.3, 0.4) is 0 Å². The second-order valence-electron chi connectivity index (χ2n) is 4.48. The van der Waals surface area contributed by atoms with Gasteiger partial charge in [0.15, 0.2) is 0 Å². The zero-order valence-corrected chi connectivity index (χ0v) is 13.2. The number of urea groups is 1. The van der Waals surface area contributed by atoms with Crippen molar-refractivity contribution in [3.63, 3.8) is 0 Å². The summed E-state index contributed by atoms with van der Waals surface area (Å²) in [5, 5.41) is 7.76. The summed E-state index contributed by atoms with van der Waals surface area (Å²) in [6.07, 6.45) is 3.91. The van der Waals surface area contributed by atoms with E-state index in [-0.39, 0.29) is 18.0 Å². The van der Waals surface area contributed by atoms with Gasteiger partial charge in [0, 0.05) is 0 Å². The Morgan fingerprint density at radius 2 is 2.37 bits per heavy atom. The van der Waals surface area contributed by atoms with Crippen LogP contribution in [0.15, 0.2) is 5.41 Å². The topological polar surface area (TPSA) is 91.0 Å². The summed E-state index contributed by atoms with van der Waals surface area (Å²) in [6, 6.07) is -0.870. The van der Waals surface area contributed by atoms with Gasteiger partial charge in [-0.15, -0.1) is 0 Å². The van der Waals surface area contributed by atoms with Gasteiger partial charge in [-0.2, -0.15) is 0 Å². The number of carbonyl (C=O) groups excluding carboxylic acids is 2. The van der Waals surface area contributed by atoms with Crippen LogP contribution in [0.2, 0.25) is 0 Å². The van der Waals surface area contributed by atoms with Crippen molar-refractivity contribution in [2.45, 2.75) is 38.3 Å². The van der Waals surface area contributed by atoms with Crippen LogP contribution in [0, 0.1) is 0 Å². The van der Waals surface area contributed by atoms with Crippen molar-refractivity contribution in [2.24, 2.45) is 11.3 Å². The van der Waals surface area contributed by atoms with Crippen LogP contribution in [0.1, 0.15) is 26.2 Å². The Morgan fingerprint density at radius 3 is 2.89 bits per heavy atom. The number of nitrogens with one attached hydrogen (secondary N) is 1. The van der Waals surface area contributed by atoms with Crippen LogP contribution in [0.5, 0.6) is 0 Å². The third kappa shape index (κ3) is 3.41. The Kier molecular flexibility index (Phi) is 4.82. The van der Waals surface area contributed by atoms with Gasteiger partial charge in [-0.3, -0.25) is 0 Å². The Morgan fingerprint density at radius 1 is 1.68 bits per heavy atom. The SMILES string of the molecule is CC[C@@H](/C=[N]/[Lr])NC(=O)[C@@H]1CCCN1C(=O)N(C)N. The number of nitrogens with zero attached hydrogens (tertiary/aromatic N) is 3. The number of hydrogen-bond acceptors (Lipinski definition) is 4. The van der Waals surface area contributed by atoms with Crippen LogP contribution in [0.4, 0.5) is 4.79 Å². The molecule has 0 aliphatic carbocycles. The Labute approximate surface area is 107 Å². The zero-order chi connectivity index (χ0) is 14.4. The first-order valence-corrected chi connectivity index (χ1v) is 7.15. The van der Waals surface area contributed by atoms with Crippen molar-refractivity contribution in [2.75, 3.05) is 13.6 Å². The molecule has 1 saturated heterocycles. The number of likely N-dealkylation sites (tertiary alicyclic amines) is 1. The molecule has 8 heteroatoms. The first-order valence-electron chi connectivity index (χ1n) is 6.19. The number of nitrogens with two attached hydrogens (primary N) is 1. The average Bonchev–Trinajstić information content (AvgIpc) is 2.86. The van der Waals surface area contributed by atoms with Crippen molar-refractivity contribution < 1.29 is 9.59 Å². The predicted molar refractivity (Wildman–Crippen MR) is 67.8 cm³/mol. The minimum absolute atomic E-state index is 0.106. The monoisotopic (exact) mass is 516 g/mol. The van der Waals surface area contributed by atoms with Gasteiger partial charge in [0.2, 0.25) is 0 Å². The van der Waals surface area contributed by atoms with Gasteiger partial charge in [0.05, 0.1) is 0 Å². The Balaban J connectivity index is 2.67. The number of hydrazine groups is 1. The molecule has 0 aromatic rings. The van der Waals surface area contributed by atoms with Gasteiger partial charge in [-0.05, 0) is 0 Å². The molecule has 0 radical (unpaired) electrons. The molecule has 0 unspecified atom stereocenters. The fraction of sp³-hybridized carbons (Fsp3) is 0.727. The summed E-state index contributed by atoms with van der Waals surface area (Å²) in [5.41, 5.74) is 0. The van der Waals surface area contributed by atoms with Crippen LogP contribution in [-0.2, 0) is 4.79 Å². The van der Waals surface area contributed by atoms with Crippen LogP contribution < -0.4 is 11.2 Å². The van der Waals surface area contributed by atoms with E-state index < -0.39 is 6.04 Å². The van der Waals surface area contributed by atoms with Gasteiger partial charge in [-0.1, -0.05) is 0 Å².